The molecule has 1 aliphatic rings. The van der Waals surface area contributed by atoms with Crippen LogP contribution in [0.15, 0.2) is 22.7 Å². The van der Waals surface area contributed by atoms with Crippen LogP contribution in [0.5, 0.6) is 0 Å². The first kappa shape index (κ1) is 12.9. The highest BCUT2D eigenvalue weighted by molar-refractivity contribution is 9.10. The van der Waals surface area contributed by atoms with Gasteiger partial charge in [0.25, 0.3) is 0 Å². The van der Waals surface area contributed by atoms with Gasteiger partial charge in [-0.05, 0) is 53.4 Å². The van der Waals surface area contributed by atoms with Gasteiger partial charge in [-0.3, -0.25) is 4.79 Å². The van der Waals surface area contributed by atoms with Crippen molar-refractivity contribution in [1.29, 1.82) is 0 Å². The smallest absolute Gasteiger partial charge is 0.230 e. The molecule has 1 fully saturated rings. The number of rotatable bonds is 2. The van der Waals surface area contributed by atoms with Gasteiger partial charge in [-0.15, -0.1) is 0 Å². The SMILES string of the molecule is O=C(Nc1ccc(Cl)c(Br)c1)C1CCCC1O. The molecule has 2 atom stereocenters. The summed E-state index contributed by atoms with van der Waals surface area (Å²) in [5.74, 6) is -0.409. The molecule has 1 aliphatic carbocycles. The summed E-state index contributed by atoms with van der Waals surface area (Å²) in [6, 6.07) is 5.21. The molecule has 17 heavy (non-hydrogen) atoms. The Balaban J connectivity index is 2.05. The maximum atomic E-state index is 11.9. The number of nitrogens with one attached hydrogen (secondary N) is 1. The van der Waals surface area contributed by atoms with Gasteiger partial charge in [0.1, 0.15) is 0 Å². The Hall–Kier alpha value is -0.580. The van der Waals surface area contributed by atoms with Crippen LogP contribution >= 0.6 is 27.5 Å². The van der Waals surface area contributed by atoms with Crippen molar-refractivity contribution in [3.63, 3.8) is 0 Å². The van der Waals surface area contributed by atoms with Crippen LogP contribution in [0.1, 0.15) is 19.3 Å². The van der Waals surface area contributed by atoms with Crippen LogP contribution in [0.3, 0.4) is 0 Å². The molecule has 0 aliphatic heterocycles. The lowest BCUT2D eigenvalue weighted by atomic mass is 10.1. The maximum Gasteiger partial charge on any atom is 0.230 e. The summed E-state index contributed by atoms with van der Waals surface area (Å²) < 4.78 is 0.740. The summed E-state index contributed by atoms with van der Waals surface area (Å²) in [6.07, 6.45) is 1.86. The molecule has 1 saturated carbocycles. The fraction of sp³-hybridized carbons (Fsp3) is 0.417. The summed E-state index contributed by atoms with van der Waals surface area (Å²) in [5.41, 5.74) is 0.686. The van der Waals surface area contributed by atoms with Crippen LogP contribution in [0.25, 0.3) is 0 Å². The first-order valence-electron chi connectivity index (χ1n) is 5.52. The van der Waals surface area contributed by atoms with Gasteiger partial charge in [-0.2, -0.15) is 0 Å². The molecular weight excluding hydrogens is 305 g/mol. The largest absolute Gasteiger partial charge is 0.392 e. The van der Waals surface area contributed by atoms with Crippen LogP contribution < -0.4 is 5.32 Å². The molecule has 2 N–H and O–H groups in total. The van der Waals surface area contributed by atoms with Crippen LogP contribution in [0, 0.1) is 5.92 Å². The first-order chi connectivity index (χ1) is 8.08. The zero-order valence-corrected chi connectivity index (χ0v) is 11.5. The number of amides is 1. The molecule has 0 saturated heterocycles. The number of carbonyl (C=O) groups is 1. The second-order valence-corrected chi connectivity index (χ2v) is 5.48. The molecule has 0 aromatic heterocycles. The van der Waals surface area contributed by atoms with E-state index >= 15 is 0 Å². The summed E-state index contributed by atoms with van der Waals surface area (Å²) in [4.78, 5) is 11.9. The molecule has 0 heterocycles. The van der Waals surface area contributed by atoms with Crippen LogP contribution in [-0.4, -0.2) is 17.1 Å². The van der Waals surface area contributed by atoms with E-state index in [1.807, 2.05) is 0 Å². The number of carbonyl (C=O) groups excluding carboxylic acids is 1. The van der Waals surface area contributed by atoms with Crippen molar-refractivity contribution < 1.29 is 9.90 Å². The quantitative estimate of drug-likeness (QED) is 0.880. The van der Waals surface area contributed by atoms with Gasteiger partial charge in [0.15, 0.2) is 0 Å². The van der Waals surface area contributed by atoms with E-state index in [4.69, 9.17) is 11.6 Å². The molecule has 1 amide bonds. The fourth-order valence-electron chi connectivity index (χ4n) is 2.06. The predicted octanol–water partition coefficient (Wildman–Crippen LogP) is 3.20. The number of hydrogen-bond acceptors (Lipinski definition) is 2. The molecule has 0 spiro atoms. The van der Waals surface area contributed by atoms with Crippen LogP contribution in [0.2, 0.25) is 5.02 Å². The average molecular weight is 319 g/mol. The van der Waals surface area contributed by atoms with Gasteiger partial charge in [0, 0.05) is 10.2 Å². The van der Waals surface area contributed by atoms with Gasteiger partial charge in [-0.1, -0.05) is 11.6 Å². The van der Waals surface area contributed by atoms with E-state index in [0.717, 1.165) is 17.3 Å². The molecule has 92 valence electrons. The van der Waals surface area contributed by atoms with Crippen molar-refractivity contribution >= 4 is 39.1 Å². The Morgan fingerprint density at radius 1 is 1.47 bits per heavy atom. The normalized spacial score (nSPS) is 23.7. The highest BCUT2D eigenvalue weighted by Gasteiger charge is 2.31. The number of aliphatic hydroxyl groups excluding tert-OH is 1. The van der Waals surface area contributed by atoms with Gasteiger partial charge in [0.05, 0.1) is 17.0 Å². The van der Waals surface area contributed by atoms with E-state index in [1.165, 1.54) is 0 Å². The Morgan fingerprint density at radius 3 is 2.82 bits per heavy atom. The Bertz CT molecular complexity index is 439. The van der Waals surface area contributed by atoms with Crippen LogP contribution in [0.4, 0.5) is 5.69 Å². The first-order valence-corrected chi connectivity index (χ1v) is 6.69. The minimum atomic E-state index is -0.509. The summed E-state index contributed by atoms with van der Waals surface area (Å²) >= 11 is 9.17. The molecule has 5 heteroatoms. The van der Waals surface area contributed by atoms with Gasteiger partial charge < -0.3 is 10.4 Å². The maximum absolute atomic E-state index is 11.9. The Labute approximate surface area is 113 Å². The highest BCUT2D eigenvalue weighted by atomic mass is 79.9. The topological polar surface area (TPSA) is 49.3 Å². The molecule has 0 radical (unpaired) electrons. The van der Waals surface area contributed by atoms with E-state index in [9.17, 15) is 9.90 Å². The van der Waals surface area contributed by atoms with Crippen molar-refractivity contribution in [3.8, 4) is 0 Å². The number of hydrogen-bond donors (Lipinski definition) is 2. The number of benzene rings is 1. The third-order valence-corrected chi connectivity index (χ3v) is 4.22. The molecule has 3 nitrogen and oxygen atoms in total. The second-order valence-electron chi connectivity index (χ2n) is 4.22. The minimum absolute atomic E-state index is 0.121. The number of halogens is 2. The molecule has 0 bridgehead atoms. The summed E-state index contributed by atoms with van der Waals surface area (Å²) in [6.45, 7) is 0. The predicted molar refractivity (Wildman–Crippen MR) is 71.1 cm³/mol. The average Bonchev–Trinajstić information content (AvgIpc) is 2.70. The lowest BCUT2D eigenvalue weighted by molar-refractivity contribution is -0.122. The third-order valence-electron chi connectivity index (χ3n) is 3.00. The van der Waals surface area contributed by atoms with Crippen molar-refractivity contribution in [1.82, 2.24) is 0 Å². The Kier molecular flexibility index (Phi) is 4.07. The van der Waals surface area contributed by atoms with Crippen molar-refractivity contribution in [2.45, 2.75) is 25.4 Å². The second kappa shape index (κ2) is 5.38. The summed E-state index contributed by atoms with van der Waals surface area (Å²) in [5, 5.41) is 13.0. The zero-order valence-electron chi connectivity index (χ0n) is 9.12. The Morgan fingerprint density at radius 2 is 2.24 bits per heavy atom. The van der Waals surface area contributed by atoms with E-state index < -0.39 is 6.10 Å². The molecule has 1 aromatic rings. The minimum Gasteiger partial charge on any atom is -0.392 e. The van der Waals surface area contributed by atoms with E-state index in [0.29, 0.717) is 17.1 Å². The van der Waals surface area contributed by atoms with Gasteiger partial charge in [0.2, 0.25) is 5.91 Å². The standard InChI is InChI=1S/C12H13BrClNO2/c13-9-6-7(4-5-10(9)14)15-12(17)8-2-1-3-11(8)16/h4-6,8,11,16H,1-3H2,(H,15,17). The van der Waals surface area contributed by atoms with Gasteiger partial charge in [-0.25, -0.2) is 0 Å². The van der Waals surface area contributed by atoms with E-state index in [2.05, 4.69) is 21.2 Å². The highest BCUT2D eigenvalue weighted by Crippen LogP contribution is 2.29. The molecular formula is C12H13BrClNO2. The lowest BCUT2D eigenvalue weighted by Crippen LogP contribution is -2.28. The van der Waals surface area contributed by atoms with E-state index in [-0.39, 0.29) is 11.8 Å². The number of aliphatic hydroxyl groups is 1. The number of anilines is 1. The fourth-order valence-corrected chi connectivity index (χ4v) is 2.55. The monoisotopic (exact) mass is 317 g/mol. The van der Waals surface area contributed by atoms with Crippen LogP contribution in [-0.2, 0) is 4.79 Å². The zero-order chi connectivity index (χ0) is 12.4. The van der Waals surface area contributed by atoms with Crippen molar-refractivity contribution in [2.24, 2.45) is 5.92 Å². The molecule has 1 aromatic carbocycles. The van der Waals surface area contributed by atoms with Crippen molar-refractivity contribution in [3.05, 3.63) is 27.7 Å². The lowest BCUT2D eigenvalue weighted by Gasteiger charge is -2.14. The molecule has 2 unspecified atom stereocenters. The third kappa shape index (κ3) is 3.00. The van der Waals surface area contributed by atoms with Crippen molar-refractivity contribution in [2.75, 3.05) is 5.32 Å². The molecule has 2 rings (SSSR count). The van der Waals surface area contributed by atoms with Gasteiger partial charge >= 0.3 is 0 Å². The van der Waals surface area contributed by atoms with E-state index in [1.54, 1.807) is 18.2 Å². The summed E-state index contributed by atoms with van der Waals surface area (Å²) in [7, 11) is 0.